The summed E-state index contributed by atoms with van der Waals surface area (Å²) < 4.78 is 5.27. The summed E-state index contributed by atoms with van der Waals surface area (Å²) in [7, 11) is 0. The molecule has 0 aliphatic rings. The first-order chi connectivity index (χ1) is 7.40. The molecule has 1 atom stereocenters. The van der Waals surface area contributed by atoms with E-state index in [1.807, 2.05) is 23.7 Å². The summed E-state index contributed by atoms with van der Waals surface area (Å²) in [5, 5.41) is 6.58. The van der Waals surface area contributed by atoms with Gasteiger partial charge in [-0.3, -0.25) is 0 Å². The first-order valence-corrected chi connectivity index (χ1v) is 5.93. The molecule has 4 heteroatoms. The molecule has 2 heterocycles. The summed E-state index contributed by atoms with van der Waals surface area (Å²) >= 11 is 1.69. The van der Waals surface area contributed by atoms with Crippen LogP contribution in [0.1, 0.15) is 30.2 Å². The molecule has 2 aromatic rings. The molecule has 2 rings (SSSR count). The SMILES string of the molecule is CCC(NCc1ccco1)c1nccs1. The minimum Gasteiger partial charge on any atom is -0.468 e. The molecule has 0 bridgehead atoms. The molecule has 0 aliphatic heterocycles. The second-order valence-electron chi connectivity index (χ2n) is 3.29. The highest BCUT2D eigenvalue weighted by Gasteiger charge is 2.11. The number of aromatic nitrogens is 1. The maximum absolute atomic E-state index is 5.27. The fourth-order valence-electron chi connectivity index (χ4n) is 1.45. The van der Waals surface area contributed by atoms with Gasteiger partial charge in [-0.15, -0.1) is 11.3 Å². The second kappa shape index (κ2) is 5.09. The van der Waals surface area contributed by atoms with Crippen LogP contribution in [0, 0.1) is 0 Å². The van der Waals surface area contributed by atoms with Crippen LogP contribution in [0.15, 0.2) is 34.4 Å². The Kier molecular flexibility index (Phi) is 3.53. The van der Waals surface area contributed by atoms with Gasteiger partial charge in [0.05, 0.1) is 18.8 Å². The van der Waals surface area contributed by atoms with E-state index in [0.717, 1.165) is 23.7 Å². The van der Waals surface area contributed by atoms with Crippen LogP contribution in [-0.4, -0.2) is 4.98 Å². The van der Waals surface area contributed by atoms with E-state index in [9.17, 15) is 0 Å². The first kappa shape index (κ1) is 10.4. The number of hydrogen-bond acceptors (Lipinski definition) is 4. The van der Waals surface area contributed by atoms with Crippen molar-refractivity contribution >= 4 is 11.3 Å². The van der Waals surface area contributed by atoms with Crippen LogP contribution in [0.5, 0.6) is 0 Å². The van der Waals surface area contributed by atoms with Crippen LogP contribution < -0.4 is 5.32 Å². The number of rotatable bonds is 5. The van der Waals surface area contributed by atoms with E-state index in [-0.39, 0.29) is 0 Å². The van der Waals surface area contributed by atoms with Crippen LogP contribution in [0.2, 0.25) is 0 Å². The van der Waals surface area contributed by atoms with Gasteiger partial charge in [0.25, 0.3) is 0 Å². The Labute approximate surface area is 93.2 Å². The molecular formula is C11H14N2OS. The van der Waals surface area contributed by atoms with Crippen LogP contribution >= 0.6 is 11.3 Å². The molecule has 0 aromatic carbocycles. The summed E-state index contributed by atoms with van der Waals surface area (Å²) in [4.78, 5) is 4.31. The molecule has 3 nitrogen and oxygen atoms in total. The molecule has 0 saturated heterocycles. The van der Waals surface area contributed by atoms with E-state index >= 15 is 0 Å². The highest BCUT2D eigenvalue weighted by atomic mass is 32.1. The largest absolute Gasteiger partial charge is 0.468 e. The van der Waals surface area contributed by atoms with Gasteiger partial charge in [0.1, 0.15) is 10.8 Å². The Hall–Kier alpha value is -1.13. The van der Waals surface area contributed by atoms with Crippen molar-refractivity contribution in [1.82, 2.24) is 10.3 Å². The van der Waals surface area contributed by atoms with Gasteiger partial charge in [-0.1, -0.05) is 6.92 Å². The van der Waals surface area contributed by atoms with Crippen molar-refractivity contribution in [3.8, 4) is 0 Å². The lowest BCUT2D eigenvalue weighted by molar-refractivity contribution is 0.442. The Bertz CT molecular complexity index is 369. The molecule has 0 saturated carbocycles. The van der Waals surface area contributed by atoms with Gasteiger partial charge in [-0.25, -0.2) is 4.98 Å². The summed E-state index contributed by atoms with van der Waals surface area (Å²) in [5.74, 6) is 0.963. The van der Waals surface area contributed by atoms with Gasteiger partial charge in [0, 0.05) is 11.6 Å². The molecule has 0 aliphatic carbocycles. The lowest BCUT2D eigenvalue weighted by Crippen LogP contribution is -2.19. The molecule has 0 amide bonds. The molecule has 80 valence electrons. The van der Waals surface area contributed by atoms with E-state index in [2.05, 4.69) is 17.2 Å². The van der Waals surface area contributed by atoms with Crippen molar-refractivity contribution in [2.45, 2.75) is 25.9 Å². The maximum Gasteiger partial charge on any atom is 0.117 e. The van der Waals surface area contributed by atoms with Gasteiger partial charge >= 0.3 is 0 Å². The van der Waals surface area contributed by atoms with Gasteiger partial charge in [0.2, 0.25) is 0 Å². The fraction of sp³-hybridized carbons (Fsp3) is 0.364. The van der Waals surface area contributed by atoms with E-state index in [1.165, 1.54) is 0 Å². The zero-order chi connectivity index (χ0) is 10.5. The fourth-order valence-corrected chi connectivity index (χ4v) is 2.25. The minimum absolute atomic E-state index is 0.329. The van der Waals surface area contributed by atoms with Crippen LogP contribution in [0.3, 0.4) is 0 Å². The average Bonchev–Trinajstić information content (AvgIpc) is 2.90. The summed E-state index contributed by atoms with van der Waals surface area (Å²) in [5.41, 5.74) is 0. The van der Waals surface area contributed by atoms with Crippen molar-refractivity contribution in [3.63, 3.8) is 0 Å². The Morgan fingerprint density at radius 2 is 2.53 bits per heavy atom. The Morgan fingerprint density at radius 1 is 1.60 bits per heavy atom. The third-order valence-corrected chi connectivity index (χ3v) is 3.15. The standard InChI is InChI=1S/C11H14N2OS/c1-2-10(11-12-5-7-15-11)13-8-9-4-3-6-14-9/h3-7,10,13H,2,8H2,1H3. The molecule has 1 unspecified atom stereocenters. The van der Waals surface area contributed by atoms with E-state index in [0.29, 0.717) is 6.04 Å². The molecule has 2 aromatic heterocycles. The smallest absolute Gasteiger partial charge is 0.117 e. The predicted molar refractivity (Wildman–Crippen MR) is 60.7 cm³/mol. The van der Waals surface area contributed by atoms with Crippen molar-refractivity contribution in [1.29, 1.82) is 0 Å². The normalized spacial score (nSPS) is 12.9. The van der Waals surface area contributed by atoms with Crippen LogP contribution in [0.25, 0.3) is 0 Å². The summed E-state index contributed by atoms with van der Waals surface area (Å²) in [6.45, 7) is 2.91. The van der Waals surface area contributed by atoms with Crippen molar-refractivity contribution in [3.05, 3.63) is 40.7 Å². The average molecular weight is 222 g/mol. The number of furan rings is 1. The van der Waals surface area contributed by atoms with Crippen LogP contribution in [-0.2, 0) is 6.54 Å². The molecule has 0 fully saturated rings. The minimum atomic E-state index is 0.329. The Balaban J connectivity index is 1.92. The summed E-state index contributed by atoms with van der Waals surface area (Å²) in [6.07, 6.45) is 4.58. The van der Waals surface area contributed by atoms with Crippen molar-refractivity contribution in [2.24, 2.45) is 0 Å². The highest BCUT2D eigenvalue weighted by Crippen LogP contribution is 2.19. The Morgan fingerprint density at radius 3 is 3.13 bits per heavy atom. The molecule has 0 radical (unpaired) electrons. The van der Waals surface area contributed by atoms with E-state index < -0.39 is 0 Å². The lowest BCUT2D eigenvalue weighted by atomic mass is 10.2. The van der Waals surface area contributed by atoms with Crippen molar-refractivity contribution < 1.29 is 4.42 Å². The molecule has 15 heavy (non-hydrogen) atoms. The van der Waals surface area contributed by atoms with Crippen LogP contribution in [0.4, 0.5) is 0 Å². The molecular weight excluding hydrogens is 208 g/mol. The zero-order valence-electron chi connectivity index (χ0n) is 8.64. The third-order valence-electron chi connectivity index (χ3n) is 2.26. The highest BCUT2D eigenvalue weighted by molar-refractivity contribution is 7.09. The number of nitrogens with zero attached hydrogens (tertiary/aromatic N) is 1. The lowest BCUT2D eigenvalue weighted by Gasteiger charge is -2.12. The topological polar surface area (TPSA) is 38.1 Å². The zero-order valence-corrected chi connectivity index (χ0v) is 9.46. The molecule has 0 spiro atoms. The number of thiazole rings is 1. The predicted octanol–water partition coefficient (Wildman–Crippen LogP) is 2.98. The third kappa shape index (κ3) is 2.67. The van der Waals surface area contributed by atoms with Gasteiger partial charge in [-0.2, -0.15) is 0 Å². The molecule has 1 N–H and O–H groups in total. The monoisotopic (exact) mass is 222 g/mol. The maximum atomic E-state index is 5.27. The summed E-state index contributed by atoms with van der Waals surface area (Å²) in [6, 6.07) is 4.21. The van der Waals surface area contributed by atoms with Gasteiger partial charge < -0.3 is 9.73 Å². The number of nitrogens with one attached hydrogen (secondary N) is 1. The number of hydrogen-bond donors (Lipinski definition) is 1. The first-order valence-electron chi connectivity index (χ1n) is 5.05. The quantitative estimate of drug-likeness (QED) is 0.845. The van der Waals surface area contributed by atoms with E-state index in [4.69, 9.17) is 4.42 Å². The van der Waals surface area contributed by atoms with Gasteiger partial charge in [0.15, 0.2) is 0 Å². The van der Waals surface area contributed by atoms with E-state index in [1.54, 1.807) is 17.6 Å². The van der Waals surface area contributed by atoms with Crippen molar-refractivity contribution in [2.75, 3.05) is 0 Å². The second-order valence-corrected chi connectivity index (χ2v) is 4.22. The van der Waals surface area contributed by atoms with Gasteiger partial charge in [-0.05, 0) is 18.6 Å².